The molecule has 0 bridgehead atoms. The van der Waals surface area contributed by atoms with Gasteiger partial charge in [0, 0.05) is 50.2 Å². The molecule has 4 nitrogen and oxygen atoms in total. The van der Waals surface area contributed by atoms with Gasteiger partial charge in [0.05, 0.1) is 0 Å². The molecule has 0 aromatic carbocycles. The number of rotatable bonds is 4. The zero-order valence-corrected chi connectivity index (χ0v) is 11.8. The second-order valence-corrected chi connectivity index (χ2v) is 6.44. The summed E-state index contributed by atoms with van der Waals surface area (Å²) in [4.78, 5) is 14.2. The Morgan fingerprint density at radius 1 is 1.50 bits per heavy atom. The fourth-order valence-electron chi connectivity index (χ4n) is 2.80. The van der Waals surface area contributed by atoms with Gasteiger partial charge in [0.1, 0.15) is 0 Å². The molecule has 2 unspecified atom stereocenters. The van der Waals surface area contributed by atoms with Crippen LogP contribution in [-0.4, -0.2) is 59.7 Å². The maximum atomic E-state index is 12.2. The number of carbonyl (C=O) groups excluding carboxylic acids is 1. The quantitative estimate of drug-likeness (QED) is 0.791. The molecule has 0 spiro atoms. The van der Waals surface area contributed by atoms with Crippen molar-refractivity contribution < 1.29 is 9.90 Å². The molecule has 0 aromatic heterocycles. The highest BCUT2D eigenvalue weighted by Crippen LogP contribution is 2.20. The molecular formula is C13H24N2O2S. The van der Waals surface area contributed by atoms with Crippen LogP contribution in [-0.2, 0) is 4.79 Å². The van der Waals surface area contributed by atoms with Gasteiger partial charge in [-0.15, -0.1) is 0 Å². The molecule has 0 saturated carbocycles. The summed E-state index contributed by atoms with van der Waals surface area (Å²) in [5.74, 6) is 3.01. The van der Waals surface area contributed by atoms with Crippen LogP contribution in [0.1, 0.15) is 25.7 Å². The molecule has 2 heterocycles. The van der Waals surface area contributed by atoms with Crippen LogP contribution in [0.5, 0.6) is 0 Å². The molecule has 2 saturated heterocycles. The van der Waals surface area contributed by atoms with E-state index < -0.39 is 0 Å². The summed E-state index contributed by atoms with van der Waals surface area (Å²) >= 11 is 1.93. The monoisotopic (exact) mass is 272 g/mol. The molecule has 104 valence electrons. The number of nitrogens with zero attached hydrogens (tertiary/aromatic N) is 1. The Balaban J connectivity index is 1.76. The number of aliphatic hydroxyl groups excluding tert-OH is 1. The van der Waals surface area contributed by atoms with Crippen LogP contribution in [0.3, 0.4) is 0 Å². The van der Waals surface area contributed by atoms with Crippen LogP contribution in [0.15, 0.2) is 0 Å². The lowest BCUT2D eigenvalue weighted by Gasteiger charge is -2.34. The van der Waals surface area contributed by atoms with Crippen molar-refractivity contribution in [2.45, 2.75) is 31.7 Å². The smallest absolute Gasteiger partial charge is 0.224 e. The van der Waals surface area contributed by atoms with Crippen molar-refractivity contribution in [1.82, 2.24) is 10.2 Å². The normalized spacial score (nSPS) is 29.3. The molecule has 0 aliphatic carbocycles. The van der Waals surface area contributed by atoms with Crippen molar-refractivity contribution in [1.29, 1.82) is 0 Å². The molecule has 5 heteroatoms. The number of hydrogen-bond acceptors (Lipinski definition) is 4. The number of hydrogen-bond donors (Lipinski definition) is 2. The van der Waals surface area contributed by atoms with Gasteiger partial charge in [-0.25, -0.2) is 0 Å². The van der Waals surface area contributed by atoms with Gasteiger partial charge in [0.2, 0.25) is 5.91 Å². The number of carbonyl (C=O) groups is 1. The predicted octanol–water partition coefficient (Wildman–Crippen LogP) is 0.702. The third-order valence-electron chi connectivity index (χ3n) is 3.83. The van der Waals surface area contributed by atoms with E-state index in [-0.39, 0.29) is 12.5 Å². The van der Waals surface area contributed by atoms with Crippen LogP contribution in [0.4, 0.5) is 0 Å². The fourth-order valence-corrected chi connectivity index (χ4v) is 3.75. The van der Waals surface area contributed by atoms with Crippen LogP contribution < -0.4 is 5.32 Å². The van der Waals surface area contributed by atoms with Crippen molar-refractivity contribution in [3.05, 3.63) is 0 Å². The first-order chi connectivity index (χ1) is 8.79. The predicted molar refractivity (Wildman–Crippen MR) is 74.7 cm³/mol. The van der Waals surface area contributed by atoms with Gasteiger partial charge in [0.25, 0.3) is 0 Å². The van der Waals surface area contributed by atoms with E-state index in [1.54, 1.807) is 0 Å². The summed E-state index contributed by atoms with van der Waals surface area (Å²) < 4.78 is 0. The molecule has 18 heavy (non-hydrogen) atoms. The van der Waals surface area contributed by atoms with Crippen molar-refractivity contribution in [2.75, 3.05) is 37.7 Å². The van der Waals surface area contributed by atoms with Gasteiger partial charge in [0.15, 0.2) is 0 Å². The van der Waals surface area contributed by atoms with Crippen molar-refractivity contribution in [3.8, 4) is 0 Å². The number of nitrogens with one attached hydrogen (secondary N) is 1. The van der Waals surface area contributed by atoms with E-state index in [9.17, 15) is 4.79 Å². The molecule has 2 atom stereocenters. The second kappa shape index (κ2) is 7.36. The van der Waals surface area contributed by atoms with E-state index in [4.69, 9.17) is 5.11 Å². The number of amides is 1. The first-order valence-corrected chi connectivity index (χ1v) is 8.15. The van der Waals surface area contributed by atoms with Gasteiger partial charge >= 0.3 is 0 Å². The Morgan fingerprint density at radius 3 is 3.11 bits per heavy atom. The first kappa shape index (κ1) is 14.2. The summed E-state index contributed by atoms with van der Waals surface area (Å²) in [5, 5.41) is 12.4. The Kier molecular flexibility index (Phi) is 5.79. The van der Waals surface area contributed by atoms with Crippen LogP contribution >= 0.6 is 11.8 Å². The topological polar surface area (TPSA) is 52.6 Å². The minimum Gasteiger partial charge on any atom is -0.396 e. The van der Waals surface area contributed by atoms with E-state index in [0.29, 0.717) is 18.4 Å². The highest BCUT2D eigenvalue weighted by molar-refractivity contribution is 7.99. The van der Waals surface area contributed by atoms with Crippen LogP contribution in [0, 0.1) is 5.92 Å². The second-order valence-electron chi connectivity index (χ2n) is 5.29. The molecule has 2 rings (SSSR count). The lowest BCUT2D eigenvalue weighted by atomic mass is 9.95. The van der Waals surface area contributed by atoms with E-state index in [1.807, 2.05) is 16.7 Å². The molecule has 2 aliphatic rings. The van der Waals surface area contributed by atoms with Crippen molar-refractivity contribution >= 4 is 17.7 Å². The van der Waals surface area contributed by atoms with Gasteiger partial charge in [-0.2, -0.15) is 11.8 Å². The SMILES string of the molecule is O=C(CC1CSCCN1)N1CCCC(CCO)C1. The summed E-state index contributed by atoms with van der Waals surface area (Å²) in [6.07, 6.45) is 3.71. The molecule has 1 amide bonds. The van der Waals surface area contributed by atoms with Crippen LogP contribution in [0.25, 0.3) is 0 Å². The molecule has 2 N–H and O–H groups in total. The Bertz CT molecular complexity index is 268. The highest BCUT2D eigenvalue weighted by Gasteiger charge is 2.25. The van der Waals surface area contributed by atoms with Gasteiger partial charge in [-0.3, -0.25) is 4.79 Å². The van der Waals surface area contributed by atoms with Crippen molar-refractivity contribution in [3.63, 3.8) is 0 Å². The molecule has 2 fully saturated rings. The third kappa shape index (κ3) is 4.14. The number of likely N-dealkylation sites (tertiary alicyclic amines) is 1. The maximum absolute atomic E-state index is 12.2. The lowest BCUT2D eigenvalue weighted by molar-refractivity contribution is -0.133. The molecule has 0 radical (unpaired) electrons. The Labute approximate surface area is 113 Å². The largest absolute Gasteiger partial charge is 0.396 e. The Morgan fingerprint density at radius 2 is 2.39 bits per heavy atom. The molecule has 2 aliphatic heterocycles. The van der Waals surface area contributed by atoms with Crippen LogP contribution in [0.2, 0.25) is 0 Å². The minimum absolute atomic E-state index is 0.244. The Hall–Kier alpha value is -0.260. The average molecular weight is 272 g/mol. The van der Waals surface area contributed by atoms with E-state index in [2.05, 4.69) is 5.32 Å². The zero-order chi connectivity index (χ0) is 12.8. The van der Waals surface area contributed by atoms with E-state index >= 15 is 0 Å². The highest BCUT2D eigenvalue weighted by atomic mass is 32.2. The number of thioether (sulfide) groups is 1. The maximum Gasteiger partial charge on any atom is 0.224 e. The van der Waals surface area contributed by atoms with Crippen molar-refractivity contribution in [2.24, 2.45) is 5.92 Å². The summed E-state index contributed by atoms with van der Waals surface area (Å²) in [6, 6.07) is 0.356. The van der Waals surface area contributed by atoms with E-state index in [1.165, 1.54) is 0 Å². The first-order valence-electron chi connectivity index (χ1n) is 6.99. The minimum atomic E-state index is 0.244. The third-order valence-corrected chi connectivity index (χ3v) is 4.96. The molecular weight excluding hydrogens is 248 g/mol. The summed E-state index contributed by atoms with van der Waals surface area (Å²) in [5.41, 5.74) is 0. The average Bonchev–Trinajstić information content (AvgIpc) is 2.40. The standard InChI is InChI=1S/C13H24N2O2S/c16-6-3-11-2-1-5-15(9-11)13(17)8-12-10-18-7-4-14-12/h11-12,14,16H,1-10H2. The number of aliphatic hydroxyl groups is 1. The number of piperidine rings is 1. The van der Waals surface area contributed by atoms with Gasteiger partial charge in [-0.1, -0.05) is 0 Å². The molecule has 0 aromatic rings. The zero-order valence-electron chi connectivity index (χ0n) is 10.9. The summed E-state index contributed by atoms with van der Waals surface area (Å²) in [7, 11) is 0. The lowest BCUT2D eigenvalue weighted by Crippen LogP contribution is -2.45. The van der Waals surface area contributed by atoms with Gasteiger partial charge < -0.3 is 15.3 Å². The van der Waals surface area contributed by atoms with E-state index in [0.717, 1.165) is 50.4 Å². The summed E-state index contributed by atoms with van der Waals surface area (Å²) in [6.45, 7) is 3.02. The fraction of sp³-hybridized carbons (Fsp3) is 0.923. The van der Waals surface area contributed by atoms with Gasteiger partial charge in [-0.05, 0) is 25.2 Å².